The largest absolute Gasteiger partial charge is 0.448 e. The van der Waals surface area contributed by atoms with Crippen molar-refractivity contribution in [3.8, 4) is 0 Å². The Morgan fingerprint density at radius 2 is 1.42 bits per heavy atom. The summed E-state index contributed by atoms with van der Waals surface area (Å²) in [6.45, 7) is 0.646. The second kappa shape index (κ2) is 19.7. The molecule has 0 bridgehead atoms. The van der Waals surface area contributed by atoms with Crippen molar-refractivity contribution in [3.63, 3.8) is 0 Å². The van der Waals surface area contributed by atoms with Crippen LogP contribution in [0.5, 0.6) is 0 Å². The van der Waals surface area contributed by atoms with Crippen molar-refractivity contribution in [1.29, 1.82) is 0 Å². The lowest BCUT2D eigenvalue weighted by atomic mass is 9.77. The van der Waals surface area contributed by atoms with E-state index < -0.39 is 40.8 Å². The van der Waals surface area contributed by atoms with E-state index in [4.69, 9.17) is 24.0 Å². The van der Waals surface area contributed by atoms with Crippen LogP contribution in [-0.4, -0.2) is 82.9 Å². The van der Waals surface area contributed by atoms with Crippen molar-refractivity contribution in [2.24, 2.45) is 5.16 Å². The summed E-state index contributed by atoms with van der Waals surface area (Å²) in [7, 11) is 1.35. The van der Waals surface area contributed by atoms with Gasteiger partial charge in [-0.3, -0.25) is 14.5 Å². The molecule has 0 radical (unpaired) electrons. The Kier molecular flexibility index (Phi) is 13.2. The third kappa shape index (κ3) is 8.81. The summed E-state index contributed by atoms with van der Waals surface area (Å²) < 4.78 is 17.4. The number of hydrogen-bond acceptors (Lipinski definition) is 13. The van der Waals surface area contributed by atoms with E-state index in [9.17, 15) is 14.4 Å². The van der Waals surface area contributed by atoms with E-state index in [0.717, 1.165) is 27.8 Å². The molecule has 4 heterocycles. The fourth-order valence-corrected chi connectivity index (χ4v) is 11.4. The Morgan fingerprint density at radius 1 is 0.859 bits per heavy atom. The Hall–Kier alpha value is -6.23. The highest BCUT2D eigenvalue weighted by Crippen LogP contribution is 2.45. The van der Waals surface area contributed by atoms with Crippen LogP contribution in [0.4, 0.5) is 5.13 Å². The van der Waals surface area contributed by atoms with E-state index in [1.807, 2.05) is 115 Å². The van der Waals surface area contributed by atoms with E-state index in [1.165, 1.54) is 46.9 Å². The first-order valence-corrected chi connectivity index (χ1v) is 23.5. The number of esters is 1. The molecule has 3 atom stereocenters. The first kappa shape index (κ1) is 43.0. The van der Waals surface area contributed by atoms with Crippen LogP contribution in [0, 0.1) is 0 Å². The van der Waals surface area contributed by atoms with Gasteiger partial charge in [-0.2, -0.15) is 0 Å². The number of β-lactam (4-membered cyclic amide) rings is 1. The Balaban J connectivity index is 0.973. The van der Waals surface area contributed by atoms with Gasteiger partial charge in [0.05, 0.1) is 12.7 Å². The third-order valence-corrected chi connectivity index (χ3v) is 14.5. The topological polar surface area (TPSA) is 141 Å². The molecule has 2 N–H and O–H groups in total. The molecular weight excluding hydrogens is 867 g/mol. The summed E-state index contributed by atoms with van der Waals surface area (Å²) >= 11 is 4.21. The molecule has 0 aliphatic carbocycles. The summed E-state index contributed by atoms with van der Waals surface area (Å²) in [5.41, 5.74) is 3.97. The quantitative estimate of drug-likeness (QED) is 0.0322. The predicted octanol–water partition coefficient (Wildman–Crippen LogP) is 7.95. The standard InChI is InChI=1S/C49H43N5O7S3/c1-58-53-40(38-29-64-48(50-38)52-49(34-21-11-4-12-22-34,35-23-13-5-14-24-35)36-25-15-6-16-26-36)44(55)51-41-45(56)54-42(39(30-63-46(41)54)62-28-37-27-59-31-60-37)47(57)61-43(32-17-7-2-8-18-32)33-19-9-3-10-20-33/h2-26,29,37,41,43,46H,27-28,30-31H2,1H3,(H,50,52)(H,51,55)/b53-40-/t37?,41?,46-/m0/s1. The molecular formula is C49H43N5O7S3. The van der Waals surface area contributed by atoms with E-state index >= 15 is 0 Å². The smallest absolute Gasteiger partial charge is 0.356 e. The van der Waals surface area contributed by atoms with Crippen molar-refractivity contribution in [2.45, 2.75) is 29.2 Å². The van der Waals surface area contributed by atoms with E-state index in [-0.39, 0.29) is 30.0 Å². The highest BCUT2D eigenvalue weighted by atomic mass is 32.2. The van der Waals surface area contributed by atoms with E-state index in [1.54, 1.807) is 5.38 Å². The van der Waals surface area contributed by atoms with Crippen molar-refractivity contribution in [1.82, 2.24) is 15.2 Å². The molecule has 64 heavy (non-hydrogen) atoms. The van der Waals surface area contributed by atoms with Crippen LogP contribution in [0.2, 0.25) is 0 Å². The zero-order valence-corrected chi connectivity index (χ0v) is 37.0. The number of nitrogens with one attached hydrogen (secondary N) is 2. The number of thiazole rings is 1. The molecule has 1 aromatic heterocycles. The molecule has 6 aromatic rings. The number of amides is 2. The number of nitrogens with zero attached hydrogens (tertiary/aromatic N) is 3. The van der Waals surface area contributed by atoms with E-state index in [2.05, 4.69) is 52.2 Å². The minimum atomic E-state index is -0.974. The van der Waals surface area contributed by atoms with Gasteiger partial charge in [0.15, 0.2) is 16.9 Å². The number of aromatic nitrogens is 1. The number of hydrogen-bond donors (Lipinski definition) is 2. The van der Waals surface area contributed by atoms with Gasteiger partial charge in [-0.15, -0.1) is 34.9 Å². The van der Waals surface area contributed by atoms with Crippen molar-refractivity contribution in [3.05, 3.63) is 201 Å². The number of carbonyl (C=O) groups excluding carboxylic acids is 3. The lowest BCUT2D eigenvalue weighted by molar-refractivity contribution is -0.154. The molecule has 2 unspecified atom stereocenters. The van der Waals surface area contributed by atoms with Gasteiger partial charge < -0.3 is 29.7 Å². The van der Waals surface area contributed by atoms with Gasteiger partial charge >= 0.3 is 5.97 Å². The van der Waals surface area contributed by atoms with Crippen LogP contribution >= 0.6 is 34.9 Å². The van der Waals surface area contributed by atoms with Gasteiger partial charge in [-0.1, -0.05) is 157 Å². The average molecular weight is 910 g/mol. The fraction of sp³-hybridized carbons (Fsp3) is 0.204. The lowest BCUT2D eigenvalue weighted by Crippen LogP contribution is -2.71. The Labute approximate surface area is 383 Å². The normalized spacial score (nSPS) is 18.6. The molecule has 2 fully saturated rings. The maximum atomic E-state index is 14.5. The molecule has 324 valence electrons. The first-order valence-electron chi connectivity index (χ1n) is 20.6. The molecule has 15 heteroatoms. The SMILES string of the molecule is CO/N=C(\C(=O)NC1C(=O)N2C(C(=O)OC(c3ccccc3)c3ccccc3)=C(SCC3COCO3)CS[C@@H]12)c1csc(NC(c2ccccc2)(c2ccccc2)c2ccccc2)n1. The number of fused-ring (bicyclic) bond motifs is 1. The molecule has 3 aliphatic heterocycles. The summed E-state index contributed by atoms with van der Waals surface area (Å²) in [4.78, 5) is 55.2. The van der Waals surface area contributed by atoms with Crippen molar-refractivity contribution >= 4 is 63.5 Å². The second-order valence-electron chi connectivity index (χ2n) is 15.0. The second-order valence-corrected chi connectivity index (χ2v) is 18.0. The highest BCUT2D eigenvalue weighted by molar-refractivity contribution is 8.06. The van der Waals surface area contributed by atoms with E-state index in [0.29, 0.717) is 28.1 Å². The van der Waals surface area contributed by atoms with Gasteiger partial charge in [0.2, 0.25) is 0 Å². The Morgan fingerprint density at radius 3 is 1.95 bits per heavy atom. The zero-order valence-electron chi connectivity index (χ0n) is 34.6. The molecule has 5 aromatic carbocycles. The third-order valence-electron chi connectivity index (χ3n) is 11.0. The molecule has 2 amide bonds. The fourth-order valence-electron chi connectivity index (χ4n) is 7.99. The van der Waals surface area contributed by atoms with Gasteiger partial charge in [0.1, 0.15) is 42.2 Å². The molecule has 0 saturated carbocycles. The minimum absolute atomic E-state index is 0.109. The highest BCUT2D eigenvalue weighted by Gasteiger charge is 2.55. The number of rotatable bonds is 16. The number of oxime groups is 1. The summed E-state index contributed by atoms with van der Waals surface area (Å²) in [5, 5.41) is 12.4. The molecule has 9 rings (SSSR count). The molecule has 2 saturated heterocycles. The minimum Gasteiger partial charge on any atom is -0.448 e. The molecule has 12 nitrogen and oxygen atoms in total. The average Bonchev–Trinajstić information content (AvgIpc) is 4.06. The van der Waals surface area contributed by atoms with Crippen LogP contribution in [0.25, 0.3) is 0 Å². The van der Waals surface area contributed by atoms with Gasteiger partial charge in [0, 0.05) is 21.8 Å². The predicted molar refractivity (Wildman–Crippen MR) is 250 cm³/mol. The van der Waals surface area contributed by atoms with Gasteiger partial charge in [0.25, 0.3) is 11.8 Å². The van der Waals surface area contributed by atoms with Crippen LogP contribution < -0.4 is 10.6 Å². The number of benzene rings is 5. The number of thioether (sulfide) groups is 2. The maximum Gasteiger partial charge on any atom is 0.356 e. The van der Waals surface area contributed by atoms with Gasteiger partial charge in [-0.25, -0.2) is 9.78 Å². The van der Waals surface area contributed by atoms with Crippen LogP contribution in [0.3, 0.4) is 0 Å². The van der Waals surface area contributed by atoms with Crippen LogP contribution in [0.1, 0.15) is 39.6 Å². The summed E-state index contributed by atoms with van der Waals surface area (Å²) in [6, 6.07) is 48.3. The molecule has 0 spiro atoms. The monoisotopic (exact) mass is 909 g/mol. The van der Waals surface area contributed by atoms with Crippen LogP contribution in [0.15, 0.2) is 173 Å². The van der Waals surface area contributed by atoms with Gasteiger partial charge in [-0.05, 0) is 27.8 Å². The summed E-state index contributed by atoms with van der Waals surface area (Å²) in [5.74, 6) is -0.837. The number of carbonyl (C=O) groups is 3. The maximum absolute atomic E-state index is 14.5. The molecule has 3 aliphatic rings. The first-order chi connectivity index (χ1) is 31.4. The van der Waals surface area contributed by atoms with Crippen molar-refractivity contribution < 1.29 is 33.4 Å². The number of ether oxygens (including phenoxy) is 3. The summed E-state index contributed by atoms with van der Waals surface area (Å²) in [6.07, 6.45) is -0.895. The van der Waals surface area contributed by atoms with Crippen LogP contribution in [-0.2, 0) is 39.0 Å². The number of anilines is 1. The lowest BCUT2D eigenvalue weighted by Gasteiger charge is -2.49. The zero-order chi connectivity index (χ0) is 43.9. The Bertz CT molecular complexity index is 2490. The van der Waals surface area contributed by atoms with Crippen molar-refractivity contribution in [2.75, 3.05) is 37.3 Å².